The summed E-state index contributed by atoms with van der Waals surface area (Å²) in [6, 6.07) is 0. The highest BCUT2D eigenvalue weighted by Crippen LogP contribution is 2.45. The molecule has 2 unspecified atom stereocenters. The van der Waals surface area contributed by atoms with Gasteiger partial charge in [0.1, 0.15) is 0 Å². The molecular formula is C11H21F2N. The minimum Gasteiger partial charge on any atom is -0.309 e. The normalized spacial score (nSPS) is 37.5. The second-order valence-corrected chi connectivity index (χ2v) is 5.56. The van der Waals surface area contributed by atoms with Gasteiger partial charge in [-0.1, -0.05) is 20.8 Å². The number of hydrogen-bond donors (Lipinski definition) is 1. The lowest BCUT2D eigenvalue weighted by Gasteiger charge is -2.47. The van der Waals surface area contributed by atoms with Gasteiger partial charge in [-0.05, 0) is 37.6 Å². The second kappa shape index (κ2) is 3.76. The summed E-state index contributed by atoms with van der Waals surface area (Å²) in [7, 11) is 1.65. The Kier molecular flexibility index (Phi) is 3.20. The van der Waals surface area contributed by atoms with E-state index in [1.165, 1.54) is 0 Å². The topological polar surface area (TPSA) is 12.0 Å². The molecule has 0 bridgehead atoms. The first-order valence-electron chi connectivity index (χ1n) is 5.28. The molecule has 1 fully saturated rings. The number of alkyl halides is 2. The molecule has 0 saturated heterocycles. The summed E-state index contributed by atoms with van der Waals surface area (Å²) in [6.07, 6.45) is -0.0683. The summed E-state index contributed by atoms with van der Waals surface area (Å²) < 4.78 is 26.1. The Morgan fingerprint density at radius 3 is 2.21 bits per heavy atom. The van der Waals surface area contributed by atoms with E-state index in [1.54, 1.807) is 7.05 Å². The van der Waals surface area contributed by atoms with Gasteiger partial charge in [0.15, 0.2) is 0 Å². The third kappa shape index (κ3) is 2.25. The molecule has 0 radical (unpaired) electrons. The molecule has 3 heteroatoms. The van der Waals surface area contributed by atoms with Crippen molar-refractivity contribution in [1.82, 2.24) is 5.32 Å². The van der Waals surface area contributed by atoms with Gasteiger partial charge < -0.3 is 5.32 Å². The fourth-order valence-electron chi connectivity index (χ4n) is 3.10. The van der Waals surface area contributed by atoms with Crippen molar-refractivity contribution < 1.29 is 8.78 Å². The van der Waals surface area contributed by atoms with Crippen molar-refractivity contribution >= 4 is 0 Å². The van der Waals surface area contributed by atoms with Crippen LogP contribution in [0.5, 0.6) is 0 Å². The zero-order chi connectivity index (χ0) is 11.0. The molecule has 1 nitrogen and oxygen atoms in total. The molecule has 0 aliphatic heterocycles. The monoisotopic (exact) mass is 205 g/mol. The largest absolute Gasteiger partial charge is 0.309 e. The minimum absolute atomic E-state index is 0.0249. The Morgan fingerprint density at radius 2 is 1.86 bits per heavy atom. The zero-order valence-corrected chi connectivity index (χ0v) is 9.53. The standard InChI is InChI=1S/C11H21F2N/c1-8-5-10(2,3)7-11(6-8,14-4)9(12)13/h8-9,14H,5-7H2,1-4H3. The van der Waals surface area contributed by atoms with Gasteiger partial charge in [-0.25, -0.2) is 8.78 Å². The summed E-state index contributed by atoms with van der Waals surface area (Å²) in [4.78, 5) is 0. The minimum atomic E-state index is -2.27. The van der Waals surface area contributed by atoms with Gasteiger partial charge in [-0.2, -0.15) is 0 Å². The molecule has 0 aromatic rings. The van der Waals surface area contributed by atoms with E-state index in [4.69, 9.17) is 0 Å². The maximum absolute atomic E-state index is 13.0. The van der Waals surface area contributed by atoms with E-state index < -0.39 is 12.0 Å². The van der Waals surface area contributed by atoms with Crippen LogP contribution in [0.1, 0.15) is 40.0 Å². The summed E-state index contributed by atoms with van der Waals surface area (Å²) in [6.45, 7) is 6.23. The average molecular weight is 205 g/mol. The Bertz CT molecular complexity index is 203. The molecule has 1 N–H and O–H groups in total. The number of nitrogens with one attached hydrogen (secondary N) is 1. The van der Waals surface area contributed by atoms with Crippen molar-refractivity contribution in [3.63, 3.8) is 0 Å². The maximum atomic E-state index is 13.0. The molecule has 0 heterocycles. The first-order valence-corrected chi connectivity index (χ1v) is 5.28. The summed E-state index contributed by atoms with van der Waals surface area (Å²) >= 11 is 0. The van der Waals surface area contributed by atoms with E-state index in [0.29, 0.717) is 18.8 Å². The van der Waals surface area contributed by atoms with Gasteiger partial charge in [-0.3, -0.25) is 0 Å². The molecule has 1 aliphatic rings. The molecular weight excluding hydrogens is 184 g/mol. The van der Waals surface area contributed by atoms with E-state index in [9.17, 15) is 8.78 Å². The molecule has 0 spiro atoms. The summed E-state index contributed by atoms with van der Waals surface area (Å²) in [5.41, 5.74) is -0.932. The van der Waals surface area contributed by atoms with Crippen molar-refractivity contribution in [2.75, 3.05) is 7.05 Å². The highest BCUT2D eigenvalue weighted by Gasteiger charge is 2.47. The predicted octanol–water partition coefficient (Wildman–Crippen LogP) is 3.06. The summed E-state index contributed by atoms with van der Waals surface area (Å²) in [5, 5.41) is 2.85. The fourth-order valence-corrected chi connectivity index (χ4v) is 3.10. The number of rotatable bonds is 2. The van der Waals surface area contributed by atoms with Crippen LogP contribution in [0.4, 0.5) is 8.78 Å². The van der Waals surface area contributed by atoms with Crippen LogP contribution in [0, 0.1) is 11.3 Å². The van der Waals surface area contributed by atoms with E-state index >= 15 is 0 Å². The number of hydrogen-bond acceptors (Lipinski definition) is 1. The molecule has 0 amide bonds. The molecule has 14 heavy (non-hydrogen) atoms. The Hall–Kier alpha value is -0.180. The predicted molar refractivity (Wildman–Crippen MR) is 54.6 cm³/mol. The highest BCUT2D eigenvalue weighted by molar-refractivity contribution is 4.99. The van der Waals surface area contributed by atoms with Crippen molar-refractivity contribution in [1.29, 1.82) is 0 Å². The van der Waals surface area contributed by atoms with Crippen molar-refractivity contribution in [3.05, 3.63) is 0 Å². The first kappa shape index (κ1) is 11.9. The molecule has 0 aromatic heterocycles. The van der Waals surface area contributed by atoms with Gasteiger partial charge in [0, 0.05) is 0 Å². The first-order chi connectivity index (χ1) is 6.31. The molecule has 84 valence electrons. The van der Waals surface area contributed by atoms with Gasteiger partial charge in [0.25, 0.3) is 6.43 Å². The molecule has 2 atom stereocenters. The second-order valence-electron chi connectivity index (χ2n) is 5.56. The fraction of sp³-hybridized carbons (Fsp3) is 1.00. The van der Waals surface area contributed by atoms with Gasteiger partial charge in [0.2, 0.25) is 0 Å². The van der Waals surface area contributed by atoms with Crippen LogP contribution < -0.4 is 5.32 Å². The van der Waals surface area contributed by atoms with Crippen molar-refractivity contribution in [2.24, 2.45) is 11.3 Å². The Balaban J connectivity index is 2.86. The lowest BCUT2D eigenvalue weighted by atomic mass is 9.64. The van der Waals surface area contributed by atoms with Crippen LogP contribution in [-0.4, -0.2) is 19.0 Å². The van der Waals surface area contributed by atoms with E-state index in [2.05, 4.69) is 26.1 Å². The molecule has 1 rings (SSSR count). The lowest BCUT2D eigenvalue weighted by Crippen LogP contribution is -2.56. The van der Waals surface area contributed by atoms with Crippen LogP contribution in [0.15, 0.2) is 0 Å². The Morgan fingerprint density at radius 1 is 1.29 bits per heavy atom. The summed E-state index contributed by atoms with van der Waals surface area (Å²) in [5.74, 6) is 0.375. The van der Waals surface area contributed by atoms with Crippen LogP contribution >= 0.6 is 0 Å². The van der Waals surface area contributed by atoms with E-state index in [0.717, 1.165) is 6.42 Å². The average Bonchev–Trinajstić information content (AvgIpc) is 2.00. The Labute approximate surface area is 85.3 Å². The molecule has 1 aliphatic carbocycles. The third-order valence-electron chi connectivity index (χ3n) is 3.32. The van der Waals surface area contributed by atoms with Gasteiger partial charge in [-0.15, -0.1) is 0 Å². The zero-order valence-electron chi connectivity index (χ0n) is 9.53. The van der Waals surface area contributed by atoms with Crippen molar-refractivity contribution in [2.45, 2.75) is 52.0 Å². The highest BCUT2D eigenvalue weighted by atomic mass is 19.3. The third-order valence-corrected chi connectivity index (χ3v) is 3.32. The van der Waals surface area contributed by atoms with Crippen LogP contribution in [0.2, 0.25) is 0 Å². The van der Waals surface area contributed by atoms with Gasteiger partial charge in [0.05, 0.1) is 5.54 Å². The van der Waals surface area contributed by atoms with Crippen LogP contribution in [0.25, 0.3) is 0 Å². The maximum Gasteiger partial charge on any atom is 0.256 e. The number of halogens is 2. The quantitative estimate of drug-likeness (QED) is 0.730. The lowest BCUT2D eigenvalue weighted by molar-refractivity contribution is -0.0357. The molecule has 1 saturated carbocycles. The van der Waals surface area contributed by atoms with E-state index in [-0.39, 0.29) is 5.41 Å². The van der Waals surface area contributed by atoms with Crippen molar-refractivity contribution in [3.8, 4) is 0 Å². The van der Waals surface area contributed by atoms with Crippen LogP contribution in [-0.2, 0) is 0 Å². The van der Waals surface area contributed by atoms with Crippen LogP contribution in [0.3, 0.4) is 0 Å². The van der Waals surface area contributed by atoms with E-state index in [1.807, 2.05) is 0 Å². The smallest absolute Gasteiger partial charge is 0.256 e. The SMILES string of the molecule is CNC1(C(F)F)CC(C)CC(C)(C)C1. The van der Waals surface area contributed by atoms with Gasteiger partial charge >= 0.3 is 0 Å². The molecule has 0 aromatic carbocycles.